The van der Waals surface area contributed by atoms with E-state index in [0.29, 0.717) is 25.0 Å². The van der Waals surface area contributed by atoms with E-state index in [9.17, 15) is 8.42 Å². The normalized spacial score (nSPS) is 19.6. The van der Waals surface area contributed by atoms with Gasteiger partial charge in [-0.15, -0.1) is 0 Å². The number of nitrogens with zero attached hydrogens (tertiary/aromatic N) is 3. The average molecular weight is 389 g/mol. The highest BCUT2D eigenvalue weighted by molar-refractivity contribution is 7.91. The summed E-state index contributed by atoms with van der Waals surface area (Å²) in [6, 6.07) is 12.2. The number of hydrogen-bond donors (Lipinski definition) is 1. The van der Waals surface area contributed by atoms with Crippen LogP contribution in [-0.4, -0.2) is 48.5 Å². The Kier molecular flexibility index (Phi) is 5.99. The molecule has 2 heterocycles. The topological polar surface area (TPSA) is 75.2 Å². The zero-order valence-electron chi connectivity index (χ0n) is 16.2. The Bertz CT molecular complexity index is 871. The molecule has 7 heteroatoms. The summed E-state index contributed by atoms with van der Waals surface area (Å²) in [6.45, 7) is 6.93. The van der Waals surface area contributed by atoms with Crippen LogP contribution in [0.5, 0.6) is 0 Å². The maximum Gasteiger partial charge on any atom is 0.228 e. The second-order valence-electron chi connectivity index (χ2n) is 7.10. The lowest BCUT2D eigenvalue weighted by Gasteiger charge is -2.28. The van der Waals surface area contributed by atoms with Crippen LogP contribution in [0.25, 0.3) is 11.3 Å². The third-order valence-electron chi connectivity index (χ3n) is 5.04. The Morgan fingerprint density at radius 3 is 2.56 bits per heavy atom. The lowest BCUT2D eigenvalue weighted by molar-refractivity contribution is 0.599. The van der Waals surface area contributed by atoms with Gasteiger partial charge in [0.2, 0.25) is 5.95 Å². The summed E-state index contributed by atoms with van der Waals surface area (Å²) in [5, 5.41) is 3.43. The second-order valence-corrected chi connectivity index (χ2v) is 9.33. The van der Waals surface area contributed by atoms with Crippen LogP contribution in [0.3, 0.4) is 0 Å². The first-order valence-electron chi connectivity index (χ1n) is 9.60. The van der Waals surface area contributed by atoms with Crippen LogP contribution >= 0.6 is 0 Å². The predicted octanol–water partition coefficient (Wildman–Crippen LogP) is 3.37. The second kappa shape index (κ2) is 8.25. The maximum absolute atomic E-state index is 12.0. The molecule has 2 aromatic rings. The first-order valence-corrected chi connectivity index (χ1v) is 11.4. The Labute approximate surface area is 162 Å². The summed E-state index contributed by atoms with van der Waals surface area (Å²) in [7, 11) is -2.97. The molecule has 6 nitrogen and oxygen atoms in total. The smallest absolute Gasteiger partial charge is 0.228 e. The fourth-order valence-electron chi connectivity index (χ4n) is 3.33. The molecule has 2 atom stereocenters. The van der Waals surface area contributed by atoms with E-state index in [0.717, 1.165) is 23.5 Å². The highest BCUT2D eigenvalue weighted by Crippen LogP contribution is 2.27. The van der Waals surface area contributed by atoms with Crippen LogP contribution in [0.2, 0.25) is 0 Å². The molecule has 0 aliphatic carbocycles. The van der Waals surface area contributed by atoms with Gasteiger partial charge in [0, 0.05) is 30.3 Å². The molecule has 1 aliphatic rings. The molecule has 0 radical (unpaired) electrons. The van der Waals surface area contributed by atoms with Crippen molar-refractivity contribution in [2.24, 2.45) is 0 Å². The number of sulfone groups is 1. The van der Waals surface area contributed by atoms with Crippen LogP contribution in [0.1, 0.15) is 33.6 Å². The van der Waals surface area contributed by atoms with E-state index in [-0.39, 0.29) is 17.5 Å². The number of aromatic nitrogens is 2. The summed E-state index contributed by atoms with van der Waals surface area (Å²) in [5.74, 6) is 1.78. The summed E-state index contributed by atoms with van der Waals surface area (Å²) in [6.07, 6.45) is 1.61. The fourth-order valence-corrected chi connectivity index (χ4v) is 5.06. The van der Waals surface area contributed by atoms with Crippen LogP contribution in [0.4, 0.5) is 11.8 Å². The van der Waals surface area contributed by atoms with E-state index in [1.54, 1.807) is 0 Å². The molecule has 1 saturated heterocycles. The average Bonchev–Trinajstić information content (AvgIpc) is 3.02. The zero-order valence-corrected chi connectivity index (χ0v) is 17.0. The van der Waals surface area contributed by atoms with Gasteiger partial charge in [-0.3, -0.25) is 0 Å². The minimum absolute atomic E-state index is 0.0672. The lowest BCUT2D eigenvalue weighted by Crippen LogP contribution is -2.37. The van der Waals surface area contributed by atoms with Gasteiger partial charge in [0.05, 0.1) is 17.2 Å². The summed E-state index contributed by atoms with van der Waals surface area (Å²) < 4.78 is 23.9. The monoisotopic (exact) mass is 388 g/mol. The molecule has 27 heavy (non-hydrogen) atoms. The van der Waals surface area contributed by atoms with Gasteiger partial charge in [-0.2, -0.15) is 4.98 Å². The van der Waals surface area contributed by atoms with E-state index in [1.807, 2.05) is 48.2 Å². The van der Waals surface area contributed by atoms with Gasteiger partial charge in [0.25, 0.3) is 0 Å². The fraction of sp³-hybridized carbons (Fsp3) is 0.500. The Balaban J connectivity index is 2.00. The van der Waals surface area contributed by atoms with Crippen LogP contribution < -0.4 is 10.2 Å². The van der Waals surface area contributed by atoms with E-state index in [4.69, 9.17) is 9.97 Å². The molecule has 1 aromatic heterocycles. The molecular weight excluding hydrogens is 360 g/mol. The molecule has 0 saturated carbocycles. The van der Waals surface area contributed by atoms with Gasteiger partial charge < -0.3 is 10.2 Å². The quantitative estimate of drug-likeness (QED) is 0.784. The van der Waals surface area contributed by atoms with Crippen molar-refractivity contribution in [1.82, 2.24) is 9.97 Å². The number of anilines is 2. The van der Waals surface area contributed by atoms with Gasteiger partial charge >= 0.3 is 0 Å². The summed E-state index contributed by atoms with van der Waals surface area (Å²) in [5.41, 5.74) is 1.86. The minimum Gasteiger partial charge on any atom is -0.367 e. The van der Waals surface area contributed by atoms with Gasteiger partial charge in [-0.25, -0.2) is 13.4 Å². The molecule has 1 fully saturated rings. The van der Waals surface area contributed by atoms with Crippen LogP contribution in [-0.2, 0) is 9.84 Å². The summed E-state index contributed by atoms with van der Waals surface area (Å²) >= 11 is 0. The van der Waals surface area contributed by atoms with Gasteiger partial charge in [0.1, 0.15) is 5.82 Å². The number of rotatable bonds is 7. The molecule has 0 amide bonds. The van der Waals surface area contributed by atoms with Crippen molar-refractivity contribution in [2.75, 3.05) is 28.3 Å². The van der Waals surface area contributed by atoms with E-state index >= 15 is 0 Å². The molecule has 1 aliphatic heterocycles. The SMILES string of the molecule is CCC(C)Nc1cc(-c2ccccc2)nc(N(CC)C2CCS(=O)(=O)C2)n1. The number of nitrogens with one attached hydrogen (secondary N) is 1. The van der Waals surface area contributed by atoms with Crippen molar-refractivity contribution in [3.8, 4) is 11.3 Å². The molecular formula is C20H28N4O2S. The van der Waals surface area contributed by atoms with Crippen molar-refractivity contribution in [3.63, 3.8) is 0 Å². The third kappa shape index (κ3) is 4.77. The van der Waals surface area contributed by atoms with E-state index in [2.05, 4.69) is 19.2 Å². The standard InChI is InChI=1S/C20H28N4O2S/c1-4-15(3)21-19-13-18(16-9-7-6-8-10-16)22-20(23-19)24(5-2)17-11-12-27(25,26)14-17/h6-10,13,15,17H,4-5,11-12,14H2,1-3H3,(H,21,22,23). The maximum atomic E-state index is 12.0. The van der Waals surface area contributed by atoms with Gasteiger partial charge in [0.15, 0.2) is 9.84 Å². The van der Waals surface area contributed by atoms with Crippen LogP contribution in [0.15, 0.2) is 36.4 Å². The Hall–Kier alpha value is -2.15. The van der Waals surface area contributed by atoms with Crippen molar-refractivity contribution in [1.29, 1.82) is 0 Å². The molecule has 3 rings (SSSR count). The highest BCUT2D eigenvalue weighted by atomic mass is 32.2. The lowest BCUT2D eigenvalue weighted by atomic mass is 10.1. The van der Waals surface area contributed by atoms with Gasteiger partial charge in [-0.1, -0.05) is 37.3 Å². The summed E-state index contributed by atoms with van der Waals surface area (Å²) in [4.78, 5) is 11.5. The van der Waals surface area contributed by atoms with Crippen molar-refractivity contribution >= 4 is 21.6 Å². The first-order chi connectivity index (χ1) is 12.9. The first kappa shape index (κ1) is 19.6. The molecule has 0 spiro atoms. The molecule has 1 N–H and O–H groups in total. The Morgan fingerprint density at radius 2 is 1.96 bits per heavy atom. The Morgan fingerprint density at radius 1 is 1.22 bits per heavy atom. The van der Waals surface area contributed by atoms with Crippen LogP contribution in [0, 0.1) is 0 Å². The number of hydrogen-bond acceptors (Lipinski definition) is 6. The minimum atomic E-state index is -2.97. The van der Waals surface area contributed by atoms with E-state index < -0.39 is 9.84 Å². The van der Waals surface area contributed by atoms with Crippen molar-refractivity contribution < 1.29 is 8.42 Å². The molecule has 1 aromatic carbocycles. The highest BCUT2D eigenvalue weighted by Gasteiger charge is 2.33. The van der Waals surface area contributed by atoms with E-state index in [1.165, 1.54) is 0 Å². The molecule has 0 bridgehead atoms. The zero-order chi connectivity index (χ0) is 19.4. The molecule has 146 valence electrons. The largest absolute Gasteiger partial charge is 0.367 e. The van der Waals surface area contributed by atoms with Crippen molar-refractivity contribution in [3.05, 3.63) is 36.4 Å². The predicted molar refractivity (Wildman–Crippen MR) is 111 cm³/mol. The molecule has 2 unspecified atom stereocenters. The van der Waals surface area contributed by atoms with Gasteiger partial charge in [-0.05, 0) is 26.7 Å². The third-order valence-corrected chi connectivity index (χ3v) is 6.79. The number of benzene rings is 1. The van der Waals surface area contributed by atoms with Crippen molar-refractivity contribution in [2.45, 2.75) is 45.7 Å².